The molecule has 0 amide bonds. The van der Waals surface area contributed by atoms with Gasteiger partial charge >= 0.3 is 33.3 Å². The second-order valence-electron chi connectivity index (χ2n) is 21.9. The Morgan fingerprint density at radius 2 is 1.39 bits per heavy atom. The molecule has 3 heterocycles. The van der Waals surface area contributed by atoms with Gasteiger partial charge in [0.2, 0.25) is 0 Å². The van der Waals surface area contributed by atoms with Gasteiger partial charge in [-0.15, -0.1) is 0 Å². The smallest absolute Gasteiger partial charge is 0.462 e. The van der Waals surface area contributed by atoms with Crippen LogP contribution in [0.4, 0.5) is 5.82 Å². The summed E-state index contributed by atoms with van der Waals surface area (Å²) in [5, 5.41) is 45.8. The molecule has 0 aliphatic carbocycles. The van der Waals surface area contributed by atoms with Crippen LogP contribution < -0.4 is 11.4 Å². The van der Waals surface area contributed by atoms with Crippen LogP contribution in [0.15, 0.2) is 41.4 Å². The Balaban J connectivity index is 1.61. The monoisotopic (exact) mass is 1180 g/mol. The molecule has 23 heteroatoms. The number of carbonyl (C=O) groups is 3. The number of nitrogens with two attached hydrogens (primary N) is 1. The first-order valence-corrected chi connectivity index (χ1v) is 32.8. The van der Waals surface area contributed by atoms with E-state index in [0.29, 0.717) is 19.3 Å². The van der Waals surface area contributed by atoms with Gasteiger partial charge in [-0.05, 0) is 44.1 Å². The van der Waals surface area contributed by atoms with Crippen LogP contribution in [0.5, 0.6) is 0 Å². The number of aliphatic hydroxyl groups excluding tert-OH is 4. The van der Waals surface area contributed by atoms with E-state index >= 15 is 0 Å². The summed E-state index contributed by atoms with van der Waals surface area (Å²) >= 11 is 0. The molecule has 0 radical (unpaired) electrons. The molecule has 3 rings (SSSR count). The number of aliphatic hydroxyl groups is 4. The van der Waals surface area contributed by atoms with Crippen LogP contribution in [0.25, 0.3) is 0 Å². The zero-order valence-electron chi connectivity index (χ0n) is 48.0. The summed E-state index contributed by atoms with van der Waals surface area (Å²) < 4.78 is 59.1. The van der Waals surface area contributed by atoms with Crippen LogP contribution in [0, 0.1) is 17.8 Å². The standard InChI is InChI=1S/C57H99N3O18P2/c1-4-6-25-31-44(61)35-36-46-48(62)39-49(63)47-32-27-23-24-29-34-53(65)76-45(40-73-52(64)33-28-22-20-18-16-14-12-10-8-7-9-11-13-15-17-19-21-26-30-43(3)5-2)41-74-79(69,70)78-80(71,72)75-42-50(55(67)54(46)66)77-56(47)60-38-37-51(58)59-57(60)68/h23,27,35-38,43-47,49-50,54-56,61,63,66-67H,4-22,24-26,28-34,39-42H2,1-3H3,(H,69,70)(H,71,72)(H2,58,59,68)/t43?,44-,45+,46-,47-,49-,50+,54-,55+,56+/m0/s1. The number of ketones is 1. The number of hydrogen-bond acceptors (Lipinski definition) is 18. The van der Waals surface area contributed by atoms with Crippen molar-refractivity contribution >= 4 is 39.2 Å². The van der Waals surface area contributed by atoms with Gasteiger partial charge in [-0.25, -0.2) is 13.9 Å². The summed E-state index contributed by atoms with van der Waals surface area (Å²) in [7, 11) is -11.3. The lowest BCUT2D eigenvalue weighted by atomic mass is 9.83. The summed E-state index contributed by atoms with van der Waals surface area (Å²) in [5.74, 6) is -4.33. The predicted molar refractivity (Wildman–Crippen MR) is 304 cm³/mol. The van der Waals surface area contributed by atoms with Gasteiger partial charge in [0.1, 0.15) is 36.6 Å². The largest absolute Gasteiger partial charge is 0.481 e. The molecule has 460 valence electrons. The van der Waals surface area contributed by atoms with Crippen LogP contribution in [0.1, 0.15) is 220 Å². The van der Waals surface area contributed by atoms with Gasteiger partial charge in [-0.2, -0.15) is 9.29 Å². The summed E-state index contributed by atoms with van der Waals surface area (Å²) in [6, 6.07) is 1.23. The molecule has 8 N–H and O–H groups in total. The zero-order chi connectivity index (χ0) is 58.8. The van der Waals surface area contributed by atoms with Crippen molar-refractivity contribution in [1.82, 2.24) is 9.55 Å². The van der Waals surface area contributed by atoms with E-state index in [1.54, 1.807) is 12.2 Å². The van der Waals surface area contributed by atoms with E-state index in [9.17, 15) is 58.5 Å². The molecule has 2 bridgehead atoms. The minimum Gasteiger partial charge on any atom is -0.462 e. The highest BCUT2D eigenvalue weighted by Gasteiger charge is 2.45. The van der Waals surface area contributed by atoms with E-state index in [0.717, 1.165) is 49.0 Å². The van der Waals surface area contributed by atoms with Crippen LogP contribution >= 0.6 is 15.6 Å². The molecule has 1 aromatic heterocycles. The number of fused-ring (bicyclic) bond motifs is 3. The first-order chi connectivity index (χ1) is 38.3. The number of rotatable bonds is 31. The third-order valence-corrected chi connectivity index (χ3v) is 17.5. The number of cyclic esters (lactones) is 1. The van der Waals surface area contributed by atoms with Gasteiger partial charge in [0, 0.05) is 31.4 Å². The van der Waals surface area contributed by atoms with Crippen LogP contribution in [0.3, 0.4) is 0 Å². The molecule has 2 aliphatic heterocycles. The first kappa shape index (κ1) is 71.1. The zero-order valence-corrected chi connectivity index (χ0v) is 49.8. The van der Waals surface area contributed by atoms with Crippen molar-refractivity contribution in [2.45, 2.75) is 256 Å². The van der Waals surface area contributed by atoms with Crippen molar-refractivity contribution in [3.63, 3.8) is 0 Å². The number of unbranched alkanes of at least 4 members (excludes halogenated alkanes) is 19. The van der Waals surface area contributed by atoms with Gasteiger partial charge in [-0.1, -0.05) is 186 Å². The number of allylic oxidation sites excluding steroid dienone is 2. The van der Waals surface area contributed by atoms with E-state index in [4.69, 9.17) is 29.0 Å². The lowest BCUT2D eigenvalue weighted by Crippen LogP contribution is -2.51. The van der Waals surface area contributed by atoms with Crippen molar-refractivity contribution in [1.29, 1.82) is 0 Å². The van der Waals surface area contributed by atoms with Crippen molar-refractivity contribution in [2.24, 2.45) is 17.8 Å². The fourth-order valence-electron chi connectivity index (χ4n) is 9.81. The number of nitrogen functional groups attached to an aromatic ring is 1. The Kier molecular flexibility index (Phi) is 35.7. The first-order valence-electron chi connectivity index (χ1n) is 29.8. The lowest BCUT2D eigenvalue weighted by molar-refractivity contribution is -0.186. The van der Waals surface area contributed by atoms with Gasteiger partial charge in [0.05, 0.1) is 37.4 Å². The number of esters is 2. The lowest BCUT2D eigenvalue weighted by Gasteiger charge is -2.39. The normalized spacial score (nSPS) is 27.9. The molecule has 1 saturated heterocycles. The van der Waals surface area contributed by atoms with E-state index in [2.05, 4.69) is 23.1 Å². The molecule has 80 heavy (non-hydrogen) atoms. The fourth-order valence-corrected chi connectivity index (χ4v) is 11.9. The average molecular weight is 1180 g/mol. The van der Waals surface area contributed by atoms with Crippen LogP contribution in [-0.4, -0.2) is 114 Å². The van der Waals surface area contributed by atoms with Crippen molar-refractivity contribution in [3.05, 3.63) is 47.1 Å². The fraction of sp³-hybridized carbons (Fsp3) is 0.807. The minimum atomic E-state index is -5.72. The number of nitrogens with zero attached hydrogens (tertiary/aromatic N) is 2. The second-order valence-corrected chi connectivity index (χ2v) is 24.9. The van der Waals surface area contributed by atoms with Crippen LogP contribution in [-0.2, 0) is 51.1 Å². The SMILES string of the molecule is CCCCC[C@H](O)C=C[C@H]1C(=O)C[C@H](O)[C@@H]2CC=CCCCC(=O)O[C@H](COC(=O)CCCCCCCCCCCCCCCCCCCCC(C)CC)COP(=O)(O)OP(=O)(O)OC[C@@H](O[C@H]2n2ccc(N)nc2=O)[C@@H](O)[C@H]1O. The van der Waals surface area contributed by atoms with E-state index in [-0.39, 0.29) is 37.9 Å². The number of carbonyl (C=O) groups excluding carboxylic acids is 3. The summed E-state index contributed by atoms with van der Waals surface area (Å²) in [4.78, 5) is 78.3. The minimum absolute atomic E-state index is 0.0808. The summed E-state index contributed by atoms with van der Waals surface area (Å²) in [6.45, 7) is 3.86. The molecule has 2 aliphatic rings. The Hall–Kier alpha value is -3.17. The van der Waals surface area contributed by atoms with E-state index < -0.39 is 120 Å². The number of hydrogen-bond donors (Lipinski definition) is 7. The Morgan fingerprint density at radius 1 is 0.812 bits per heavy atom. The Morgan fingerprint density at radius 3 is 1.98 bits per heavy atom. The molecule has 0 aromatic carbocycles. The highest BCUT2D eigenvalue weighted by atomic mass is 31.3. The van der Waals surface area contributed by atoms with Crippen LogP contribution in [0.2, 0.25) is 0 Å². The predicted octanol–water partition coefficient (Wildman–Crippen LogP) is 10.2. The number of Topliss-reactive ketones (excluding diaryl/α,β-unsaturated/α-hetero) is 1. The molecule has 0 saturated carbocycles. The number of phosphoric ester groups is 2. The van der Waals surface area contributed by atoms with Gasteiger partial charge in [0.15, 0.2) is 6.10 Å². The van der Waals surface area contributed by atoms with Crippen molar-refractivity contribution in [3.8, 4) is 0 Å². The second kappa shape index (κ2) is 40.2. The van der Waals surface area contributed by atoms with Crippen molar-refractivity contribution < 1.29 is 81.3 Å². The molecule has 12 atom stereocenters. The highest BCUT2D eigenvalue weighted by molar-refractivity contribution is 7.61. The number of ether oxygens (including phenoxy) is 3. The highest BCUT2D eigenvalue weighted by Crippen LogP contribution is 2.60. The van der Waals surface area contributed by atoms with Crippen molar-refractivity contribution in [2.75, 3.05) is 25.6 Å². The van der Waals surface area contributed by atoms with E-state index in [1.165, 1.54) is 121 Å². The molecule has 0 spiro atoms. The Bertz CT molecular complexity index is 2130. The quantitative estimate of drug-likeness (QED) is 0.0157. The maximum absolute atomic E-state index is 14.0. The molecular formula is C57H99N3O18P2. The third-order valence-electron chi connectivity index (χ3n) is 14.9. The topological polar surface area (TPSA) is 323 Å². The third kappa shape index (κ3) is 29.9. The summed E-state index contributed by atoms with van der Waals surface area (Å²) in [5.41, 5.74) is 4.76. The molecule has 3 unspecified atom stereocenters. The maximum atomic E-state index is 14.0. The number of anilines is 1. The van der Waals surface area contributed by atoms with Gasteiger partial charge < -0.3 is 50.2 Å². The average Bonchev–Trinajstić information content (AvgIpc) is 3.50. The molecule has 21 nitrogen and oxygen atoms in total. The van der Waals surface area contributed by atoms with Gasteiger partial charge in [0.25, 0.3) is 0 Å². The van der Waals surface area contributed by atoms with E-state index in [1.807, 2.05) is 6.92 Å². The Labute approximate surface area is 475 Å². The summed E-state index contributed by atoms with van der Waals surface area (Å²) in [6.07, 6.45) is 21.5. The van der Waals surface area contributed by atoms with Gasteiger partial charge in [-0.3, -0.25) is 28.0 Å². The number of aromatic nitrogens is 2. The molecule has 1 aromatic rings. The number of phosphoric acid groups is 2. The maximum Gasteiger partial charge on any atom is 0.481 e. The molecular weight excluding hydrogens is 1080 g/mol. The molecule has 1 fully saturated rings.